The summed E-state index contributed by atoms with van der Waals surface area (Å²) in [4.78, 5) is 45.2. The van der Waals surface area contributed by atoms with Crippen molar-refractivity contribution >= 4 is 43.2 Å². The van der Waals surface area contributed by atoms with Gasteiger partial charge in [-0.05, 0) is 56.5 Å². The number of halogens is 4. The number of nitrogens with one attached hydrogen (secondary N) is 1. The standard InChI is InChI=1S/C27H31F2N5O5.2ClH/c1-16-23(26(37)39-3)24(19-7-8-20(28)21(29)14-19)34(27(38)31-16)33(15-35)25(17(2)36)32-12-9-18(10-13-32)22-6-4-5-11-30-22;;/h4-8,11,14-15,17-18,24-25,36H,9-10,12-13H2,1-3H3,(H,31,38);2*1H. The fourth-order valence-electron chi connectivity index (χ4n) is 5.34. The Kier molecular flexibility index (Phi) is 12.0. The first-order valence-electron chi connectivity index (χ1n) is 12.6. The molecule has 0 spiro atoms. The summed E-state index contributed by atoms with van der Waals surface area (Å²) in [6.07, 6.45) is 1.35. The van der Waals surface area contributed by atoms with Gasteiger partial charge in [-0.2, -0.15) is 0 Å². The van der Waals surface area contributed by atoms with Crippen molar-refractivity contribution in [1.29, 1.82) is 0 Å². The number of rotatable bonds is 8. The van der Waals surface area contributed by atoms with E-state index in [-0.39, 0.29) is 47.6 Å². The molecule has 1 aromatic carbocycles. The minimum atomic E-state index is -1.35. The Balaban J connectivity index is 0.00000294. The third kappa shape index (κ3) is 6.95. The van der Waals surface area contributed by atoms with Crippen LogP contribution in [0.4, 0.5) is 13.6 Å². The molecule has 0 radical (unpaired) electrons. The molecule has 224 valence electrons. The first-order valence-corrected chi connectivity index (χ1v) is 12.6. The van der Waals surface area contributed by atoms with E-state index in [1.165, 1.54) is 19.9 Å². The van der Waals surface area contributed by atoms with Crippen LogP contribution < -0.4 is 5.32 Å². The van der Waals surface area contributed by atoms with Gasteiger partial charge in [0.2, 0.25) is 6.41 Å². The fraction of sp³-hybridized carbons (Fsp3) is 0.407. The van der Waals surface area contributed by atoms with Gasteiger partial charge in [-0.15, -0.1) is 24.8 Å². The highest BCUT2D eigenvalue weighted by Gasteiger charge is 2.45. The number of amides is 3. The van der Waals surface area contributed by atoms with Crippen LogP contribution >= 0.6 is 24.8 Å². The van der Waals surface area contributed by atoms with Crippen molar-refractivity contribution in [3.63, 3.8) is 0 Å². The molecule has 0 aliphatic carbocycles. The maximum Gasteiger partial charge on any atom is 0.341 e. The molecule has 0 saturated carbocycles. The first kappa shape index (κ1) is 33.9. The predicted octanol–water partition coefficient (Wildman–Crippen LogP) is 3.68. The molecule has 14 heteroatoms. The van der Waals surface area contributed by atoms with E-state index in [4.69, 9.17) is 4.74 Å². The van der Waals surface area contributed by atoms with Crippen LogP contribution in [0, 0.1) is 11.6 Å². The highest BCUT2D eigenvalue weighted by molar-refractivity contribution is 5.95. The maximum atomic E-state index is 14.3. The number of methoxy groups -OCH3 is 1. The molecule has 0 bridgehead atoms. The molecule has 10 nitrogen and oxygen atoms in total. The van der Waals surface area contributed by atoms with Gasteiger partial charge in [0.05, 0.1) is 18.8 Å². The molecule has 3 atom stereocenters. The molecule has 2 aromatic rings. The first-order chi connectivity index (χ1) is 18.7. The van der Waals surface area contributed by atoms with Crippen LogP contribution in [0.25, 0.3) is 0 Å². The molecule has 2 aliphatic heterocycles. The average molecular weight is 616 g/mol. The van der Waals surface area contributed by atoms with Gasteiger partial charge in [-0.25, -0.2) is 28.4 Å². The SMILES string of the molecule is COC(=O)C1=C(C)NC(=O)N(N(C=O)C(C(C)O)N2CCC(c3ccccn3)CC2)C1c1ccc(F)c(F)c1.Cl.Cl. The number of aliphatic hydroxyl groups excluding tert-OH is 1. The van der Waals surface area contributed by atoms with Gasteiger partial charge in [-0.1, -0.05) is 12.1 Å². The normalized spacial score (nSPS) is 19.3. The van der Waals surface area contributed by atoms with Crippen LogP contribution in [0.2, 0.25) is 0 Å². The van der Waals surface area contributed by atoms with Crippen molar-refractivity contribution in [2.45, 2.75) is 50.9 Å². The summed E-state index contributed by atoms with van der Waals surface area (Å²) in [6, 6.07) is 6.54. The lowest BCUT2D eigenvalue weighted by Crippen LogP contribution is -2.65. The van der Waals surface area contributed by atoms with Crippen LogP contribution in [-0.4, -0.2) is 75.9 Å². The van der Waals surface area contributed by atoms with Gasteiger partial charge in [0.1, 0.15) is 12.2 Å². The van der Waals surface area contributed by atoms with Crippen LogP contribution in [-0.2, 0) is 14.3 Å². The Morgan fingerprint density at radius 2 is 1.88 bits per heavy atom. The lowest BCUT2D eigenvalue weighted by atomic mass is 9.92. The number of nitrogens with zero attached hydrogens (tertiary/aromatic N) is 4. The number of hydrogen-bond acceptors (Lipinski definition) is 7. The van der Waals surface area contributed by atoms with Crippen LogP contribution in [0.3, 0.4) is 0 Å². The Bertz CT molecular complexity index is 1260. The van der Waals surface area contributed by atoms with Gasteiger partial charge in [0, 0.05) is 36.6 Å². The van der Waals surface area contributed by atoms with E-state index in [2.05, 4.69) is 10.3 Å². The molecule has 3 heterocycles. The summed E-state index contributed by atoms with van der Waals surface area (Å²) in [5.74, 6) is -2.95. The number of piperidine rings is 1. The number of hydrogen-bond donors (Lipinski definition) is 2. The number of hydrazine groups is 1. The lowest BCUT2D eigenvalue weighted by molar-refractivity contribution is -0.164. The van der Waals surface area contributed by atoms with Gasteiger partial charge < -0.3 is 15.2 Å². The minimum absolute atomic E-state index is 0. The molecule has 2 aliphatic rings. The molecular weight excluding hydrogens is 583 g/mol. The molecule has 1 saturated heterocycles. The molecule has 1 aromatic heterocycles. The zero-order valence-electron chi connectivity index (χ0n) is 22.7. The number of likely N-dealkylation sites (tertiary alicyclic amines) is 1. The van der Waals surface area contributed by atoms with Gasteiger partial charge in [0.25, 0.3) is 0 Å². The van der Waals surface area contributed by atoms with Crippen molar-refractivity contribution < 1.29 is 33.0 Å². The van der Waals surface area contributed by atoms with E-state index in [9.17, 15) is 28.3 Å². The van der Waals surface area contributed by atoms with Crippen LogP contribution in [0.1, 0.15) is 49.9 Å². The molecule has 2 N–H and O–H groups in total. The Labute approximate surface area is 249 Å². The third-order valence-electron chi connectivity index (χ3n) is 7.16. The number of pyridine rings is 1. The number of esters is 1. The van der Waals surface area contributed by atoms with Crippen molar-refractivity contribution in [1.82, 2.24) is 25.2 Å². The smallest absolute Gasteiger partial charge is 0.341 e. The molecular formula is C27H33Cl2F2N5O5. The summed E-state index contributed by atoms with van der Waals surface area (Å²) < 4.78 is 33.1. The van der Waals surface area contributed by atoms with Gasteiger partial charge in [0.15, 0.2) is 11.6 Å². The fourth-order valence-corrected chi connectivity index (χ4v) is 5.34. The van der Waals surface area contributed by atoms with Crippen LogP contribution in [0.15, 0.2) is 53.9 Å². The summed E-state index contributed by atoms with van der Waals surface area (Å²) in [6.45, 7) is 3.91. The second kappa shape index (κ2) is 14.5. The van der Waals surface area contributed by atoms with E-state index < -0.39 is 41.9 Å². The number of aliphatic hydroxyl groups is 1. The Morgan fingerprint density at radius 1 is 1.20 bits per heavy atom. The average Bonchev–Trinajstić information content (AvgIpc) is 2.93. The molecule has 3 amide bonds. The quantitative estimate of drug-likeness (QED) is 0.344. The molecule has 1 fully saturated rings. The number of carbonyl (C=O) groups is 3. The van der Waals surface area contributed by atoms with Crippen molar-refractivity contribution in [2.75, 3.05) is 20.2 Å². The Morgan fingerprint density at radius 3 is 2.41 bits per heavy atom. The van der Waals surface area contributed by atoms with E-state index in [0.717, 1.165) is 35.0 Å². The van der Waals surface area contributed by atoms with Gasteiger partial charge >= 0.3 is 12.0 Å². The topological polar surface area (TPSA) is 115 Å². The monoisotopic (exact) mass is 615 g/mol. The highest BCUT2D eigenvalue weighted by atomic mass is 35.5. The predicted molar refractivity (Wildman–Crippen MR) is 150 cm³/mol. The molecule has 41 heavy (non-hydrogen) atoms. The van der Waals surface area contributed by atoms with Crippen molar-refractivity contribution in [3.05, 3.63) is 76.8 Å². The number of benzene rings is 1. The summed E-state index contributed by atoms with van der Waals surface area (Å²) in [5.41, 5.74) is 1.05. The zero-order chi connectivity index (χ0) is 28.3. The summed E-state index contributed by atoms with van der Waals surface area (Å²) >= 11 is 0. The maximum absolute atomic E-state index is 14.3. The Hall–Kier alpha value is -3.32. The number of allylic oxidation sites excluding steroid dienone is 1. The summed E-state index contributed by atoms with van der Waals surface area (Å²) in [7, 11) is 1.15. The number of ether oxygens (including phenoxy) is 1. The summed E-state index contributed by atoms with van der Waals surface area (Å²) in [5, 5.41) is 15.3. The van der Waals surface area contributed by atoms with E-state index in [0.29, 0.717) is 32.3 Å². The number of urea groups is 1. The number of aromatic nitrogens is 1. The molecule has 4 rings (SSSR count). The van der Waals surface area contributed by atoms with Crippen molar-refractivity contribution in [2.24, 2.45) is 0 Å². The van der Waals surface area contributed by atoms with Gasteiger partial charge in [-0.3, -0.25) is 14.7 Å². The van der Waals surface area contributed by atoms with Crippen molar-refractivity contribution in [3.8, 4) is 0 Å². The second-order valence-electron chi connectivity index (χ2n) is 9.59. The van der Waals surface area contributed by atoms with E-state index in [1.807, 2.05) is 23.1 Å². The molecule has 3 unspecified atom stereocenters. The lowest BCUT2D eigenvalue weighted by Gasteiger charge is -2.49. The highest BCUT2D eigenvalue weighted by Crippen LogP contribution is 2.37. The van der Waals surface area contributed by atoms with Crippen LogP contribution in [0.5, 0.6) is 0 Å². The van der Waals surface area contributed by atoms with E-state index in [1.54, 1.807) is 6.20 Å². The second-order valence-corrected chi connectivity index (χ2v) is 9.59. The minimum Gasteiger partial charge on any atom is -0.466 e. The third-order valence-corrected chi connectivity index (χ3v) is 7.16. The van der Waals surface area contributed by atoms with E-state index >= 15 is 0 Å². The largest absolute Gasteiger partial charge is 0.466 e. The zero-order valence-corrected chi connectivity index (χ0v) is 24.3. The number of carbonyl (C=O) groups excluding carboxylic acids is 3.